The number of ether oxygens (including phenoxy) is 2. The summed E-state index contributed by atoms with van der Waals surface area (Å²) in [7, 11) is 1.57. The maximum atomic E-state index is 13.9. The average Bonchev–Trinajstić information content (AvgIpc) is 2.78. The van der Waals surface area contributed by atoms with Gasteiger partial charge in [-0.1, -0.05) is 44.5 Å². The third-order valence-corrected chi connectivity index (χ3v) is 4.89. The molecule has 1 atom stereocenters. The third-order valence-electron chi connectivity index (χ3n) is 4.89. The normalized spacial score (nSPS) is 11.5. The Morgan fingerprint density at radius 2 is 1.90 bits per heavy atom. The van der Waals surface area contributed by atoms with Crippen LogP contribution in [0.4, 0.5) is 4.39 Å². The van der Waals surface area contributed by atoms with Crippen molar-refractivity contribution in [2.75, 3.05) is 20.3 Å². The Bertz CT molecular complexity index is 859. The fourth-order valence-electron chi connectivity index (χ4n) is 3.18. The van der Waals surface area contributed by atoms with Crippen molar-refractivity contribution in [3.8, 4) is 11.5 Å². The minimum Gasteiger partial charge on any atom is -0.497 e. The first-order valence-electron chi connectivity index (χ1n) is 10.6. The van der Waals surface area contributed by atoms with Gasteiger partial charge in [-0.15, -0.1) is 0 Å². The van der Waals surface area contributed by atoms with Gasteiger partial charge >= 0.3 is 0 Å². The number of hydrogen-bond donors (Lipinski definition) is 1. The highest BCUT2D eigenvalue weighted by Gasteiger charge is 2.29. The van der Waals surface area contributed by atoms with E-state index in [1.165, 1.54) is 17.0 Å². The number of amides is 2. The molecule has 7 heteroatoms. The van der Waals surface area contributed by atoms with Crippen molar-refractivity contribution in [2.24, 2.45) is 0 Å². The third kappa shape index (κ3) is 7.27. The van der Waals surface area contributed by atoms with Crippen LogP contribution in [-0.4, -0.2) is 43.0 Å². The number of carbonyl (C=O) groups is 2. The first-order valence-corrected chi connectivity index (χ1v) is 10.6. The quantitative estimate of drug-likeness (QED) is 0.518. The molecule has 0 aliphatic heterocycles. The lowest BCUT2D eigenvalue weighted by molar-refractivity contribution is -0.143. The summed E-state index contributed by atoms with van der Waals surface area (Å²) in [6.45, 7) is 4.29. The largest absolute Gasteiger partial charge is 0.497 e. The summed E-state index contributed by atoms with van der Waals surface area (Å²) in [6, 6.07) is 12.6. The van der Waals surface area contributed by atoms with Gasteiger partial charge in [0.05, 0.1) is 7.11 Å². The van der Waals surface area contributed by atoms with E-state index in [0.717, 1.165) is 18.4 Å². The smallest absolute Gasteiger partial charge is 0.261 e. The summed E-state index contributed by atoms with van der Waals surface area (Å²) < 4.78 is 24.5. The predicted octanol–water partition coefficient (Wildman–Crippen LogP) is 3.94. The van der Waals surface area contributed by atoms with Crippen molar-refractivity contribution in [3.05, 3.63) is 59.9 Å². The van der Waals surface area contributed by atoms with Crippen LogP contribution in [0.3, 0.4) is 0 Å². The van der Waals surface area contributed by atoms with Gasteiger partial charge in [-0.2, -0.15) is 0 Å². The lowest BCUT2D eigenvalue weighted by Crippen LogP contribution is -2.50. The molecule has 2 aromatic carbocycles. The molecular weight excluding hydrogens is 399 g/mol. The summed E-state index contributed by atoms with van der Waals surface area (Å²) >= 11 is 0. The van der Waals surface area contributed by atoms with Gasteiger partial charge in [0, 0.05) is 13.1 Å². The van der Waals surface area contributed by atoms with Crippen LogP contribution in [0.5, 0.6) is 11.5 Å². The van der Waals surface area contributed by atoms with E-state index in [1.807, 2.05) is 38.1 Å². The van der Waals surface area contributed by atoms with E-state index in [1.54, 1.807) is 19.2 Å². The topological polar surface area (TPSA) is 67.9 Å². The molecule has 0 spiro atoms. The van der Waals surface area contributed by atoms with Crippen molar-refractivity contribution < 1.29 is 23.5 Å². The lowest BCUT2D eigenvalue weighted by Gasteiger charge is -2.30. The highest BCUT2D eigenvalue weighted by molar-refractivity contribution is 5.88. The minimum atomic E-state index is -0.667. The molecule has 6 nitrogen and oxygen atoms in total. The zero-order chi connectivity index (χ0) is 22.6. The van der Waals surface area contributed by atoms with Crippen LogP contribution in [0, 0.1) is 5.82 Å². The lowest BCUT2D eigenvalue weighted by atomic mass is 10.1. The Labute approximate surface area is 183 Å². The SMILES string of the molecule is CCCCNC(=O)[C@H](CC)N(Cc1cccc(OC)c1)C(=O)COc1ccccc1F. The van der Waals surface area contributed by atoms with Crippen molar-refractivity contribution in [3.63, 3.8) is 0 Å². The summed E-state index contributed by atoms with van der Waals surface area (Å²) in [5.41, 5.74) is 0.818. The fourth-order valence-corrected chi connectivity index (χ4v) is 3.18. The van der Waals surface area contributed by atoms with Gasteiger partial charge in [0.15, 0.2) is 18.2 Å². The molecule has 0 bridgehead atoms. The molecule has 2 amide bonds. The van der Waals surface area contributed by atoms with Crippen molar-refractivity contribution in [2.45, 2.75) is 45.7 Å². The Morgan fingerprint density at radius 3 is 2.58 bits per heavy atom. The van der Waals surface area contributed by atoms with Crippen LogP contribution in [0.1, 0.15) is 38.7 Å². The van der Waals surface area contributed by atoms with E-state index in [2.05, 4.69) is 5.32 Å². The second-order valence-electron chi connectivity index (χ2n) is 7.16. The van der Waals surface area contributed by atoms with Gasteiger partial charge in [-0.3, -0.25) is 9.59 Å². The van der Waals surface area contributed by atoms with Gasteiger partial charge in [0.1, 0.15) is 11.8 Å². The standard InChI is InChI=1S/C24H31FN2O4/c1-4-6-14-26-24(29)21(5-2)27(16-18-10-9-11-19(15-18)30-3)23(28)17-31-22-13-8-7-12-20(22)25/h7-13,15,21H,4-6,14,16-17H2,1-3H3,(H,26,29)/t21-/m0/s1. The summed E-state index contributed by atoms with van der Waals surface area (Å²) in [4.78, 5) is 27.4. The number of nitrogens with one attached hydrogen (secondary N) is 1. The maximum Gasteiger partial charge on any atom is 0.261 e. The van der Waals surface area contributed by atoms with E-state index in [4.69, 9.17) is 9.47 Å². The predicted molar refractivity (Wildman–Crippen MR) is 117 cm³/mol. The highest BCUT2D eigenvalue weighted by Crippen LogP contribution is 2.19. The second kappa shape index (κ2) is 12.6. The molecule has 2 aromatic rings. The van der Waals surface area contributed by atoms with Crippen LogP contribution >= 0.6 is 0 Å². The number of benzene rings is 2. The molecule has 1 N–H and O–H groups in total. The van der Waals surface area contributed by atoms with E-state index in [9.17, 15) is 14.0 Å². The van der Waals surface area contributed by atoms with E-state index in [-0.39, 0.29) is 24.8 Å². The van der Waals surface area contributed by atoms with E-state index in [0.29, 0.717) is 18.7 Å². The number of halogens is 1. The first-order chi connectivity index (χ1) is 15.0. The Hall–Kier alpha value is -3.09. The Kier molecular flexibility index (Phi) is 9.81. The monoisotopic (exact) mass is 430 g/mol. The van der Waals surface area contributed by atoms with Gasteiger partial charge in [-0.25, -0.2) is 4.39 Å². The minimum absolute atomic E-state index is 0.00220. The summed E-state index contributed by atoms with van der Waals surface area (Å²) in [5, 5.41) is 2.90. The molecule has 0 aliphatic rings. The molecule has 2 rings (SSSR count). The molecule has 0 fully saturated rings. The van der Waals surface area contributed by atoms with Crippen LogP contribution in [0.15, 0.2) is 48.5 Å². The highest BCUT2D eigenvalue weighted by atomic mass is 19.1. The Balaban J connectivity index is 2.21. The van der Waals surface area contributed by atoms with Crippen LogP contribution in [0.25, 0.3) is 0 Å². The molecular formula is C24H31FN2O4. The van der Waals surface area contributed by atoms with Gasteiger partial charge in [0.2, 0.25) is 5.91 Å². The molecule has 0 unspecified atom stereocenters. The number of para-hydroxylation sites is 1. The van der Waals surface area contributed by atoms with Gasteiger partial charge in [-0.05, 0) is 42.7 Å². The van der Waals surface area contributed by atoms with Crippen molar-refractivity contribution in [1.29, 1.82) is 0 Å². The number of unbranched alkanes of at least 4 members (excludes halogenated alkanes) is 1. The van der Waals surface area contributed by atoms with Crippen LogP contribution in [-0.2, 0) is 16.1 Å². The van der Waals surface area contributed by atoms with Gasteiger partial charge in [0.25, 0.3) is 5.91 Å². The first kappa shape index (κ1) is 24.2. The van der Waals surface area contributed by atoms with Gasteiger partial charge < -0.3 is 19.7 Å². The molecule has 31 heavy (non-hydrogen) atoms. The summed E-state index contributed by atoms with van der Waals surface area (Å²) in [5.74, 6) is -0.494. The average molecular weight is 431 g/mol. The number of carbonyl (C=O) groups excluding carboxylic acids is 2. The van der Waals surface area contributed by atoms with Crippen LogP contribution < -0.4 is 14.8 Å². The molecule has 168 valence electrons. The summed E-state index contributed by atoms with van der Waals surface area (Å²) in [6.07, 6.45) is 2.26. The van der Waals surface area contributed by atoms with E-state index >= 15 is 0 Å². The van der Waals surface area contributed by atoms with Crippen molar-refractivity contribution in [1.82, 2.24) is 10.2 Å². The molecule has 0 aromatic heterocycles. The number of nitrogens with zero attached hydrogens (tertiary/aromatic N) is 1. The molecule has 0 heterocycles. The molecule has 0 radical (unpaired) electrons. The molecule has 0 aliphatic carbocycles. The molecule has 0 saturated carbocycles. The van der Waals surface area contributed by atoms with Crippen molar-refractivity contribution >= 4 is 11.8 Å². The number of rotatable bonds is 12. The van der Waals surface area contributed by atoms with Crippen LogP contribution in [0.2, 0.25) is 0 Å². The van der Waals surface area contributed by atoms with E-state index < -0.39 is 17.8 Å². The Morgan fingerprint density at radius 1 is 1.13 bits per heavy atom. The zero-order valence-corrected chi connectivity index (χ0v) is 18.4. The number of methoxy groups -OCH3 is 1. The molecule has 0 saturated heterocycles. The fraction of sp³-hybridized carbons (Fsp3) is 0.417. The number of hydrogen-bond acceptors (Lipinski definition) is 4. The zero-order valence-electron chi connectivity index (χ0n) is 18.4. The maximum absolute atomic E-state index is 13.9. The second-order valence-corrected chi connectivity index (χ2v) is 7.16.